The molecule has 10 nitrogen and oxygen atoms in total. The smallest absolute Gasteiger partial charge is 0.327 e. The van der Waals surface area contributed by atoms with Gasteiger partial charge >= 0.3 is 5.97 Å². The van der Waals surface area contributed by atoms with E-state index >= 15 is 0 Å². The van der Waals surface area contributed by atoms with Crippen molar-refractivity contribution in [1.82, 2.24) is 30.0 Å². The molecule has 2 rings (SSSR count). The van der Waals surface area contributed by atoms with Crippen LogP contribution >= 0.6 is 0 Å². The molecule has 0 atom stereocenters. The minimum atomic E-state index is -0.422. The lowest BCUT2D eigenvalue weighted by molar-refractivity contribution is -0.141. The zero-order valence-corrected chi connectivity index (χ0v) is 10.1. The van der Waals surface area contributed by atoms with Gasteiger partial charge in [-0.1, -0.05) is 0 Å². The van der Waals surface area contributed by atoms with Crippen LogP contribution in [0.4, 0.5) is 5.69 Å². The summed E-state index contributed by atoms with van der Waals surface area (Å²) in [7, 11) is 1.29. The number of hydrogen-bond donors (Lipinski definition) is 1. The highest BCUT2D eigenvalue weighted by molar-refractivity contribution is 5.90. The Labute approximate surface area is 107 Å². The summed E-state index contributed by atoms with van der Waals surface area (Å²) in [6.07, 6.45) is 4.29. The summed E-state index contributed by atoms with van der Waals surface area (Å²) in [4.78, 5) is 22.6. The summed E-state index contributed by atoms with van der Waals surface area (Å²) in [5.74, 6) is -0.723. The number of carbonyl (C=O) groups excluding carboxylic acids is 2. The summed E-state index contributed by atoms with van der Waals surface area (Å²) in [5.41, 5.74) is 0.474. The first kappa shape index (κ1) is 12.7. The molecule has 1 N–H and O–H groups in total. The van der Waals surface area contributed by atoms with Gasteiger partial charge in [-0.05, 0) is 10.4 Å². The van der Waals surface area contributed by atoms with E-state index in [1.165, 1.54) is 35.2 Å². The number of rotatable bonds is 5. The zero-order valence-electron chi connectivity index (χ0n) is 10.1. The van der Waals surface area contributed by atoms with Crippen LogP contribution in [0.2, 0.25) is 0 Å². The number of hydrogen-bond acceptors (Lipinski definition) is 7. The van der Waals surface area contributed by atoms with Crippen LogP contribution < -0.4 is 5.32 Å². The van der Waals surface area contributed by atoms with Crippen LogP contribution in [0.15, 0.2) is 18.7 Å². The molecule has 0 bridgehead atoms. The Morgan fingerprint density at radius 3 is 2.89 bits per heavy atom. The molecule has 0 aromatic carbocycles. The number of esters is 1. The van der Waals surface area contributed by atoms with Crippen LogP contribution in [0.3, 0.4) is 0 Å². The van der Waals surface area contributed by atoms with Crippen molar-refractivity contribution in [2.24, 2.45) is 0 Å². The van der Waals surface area contributed by atoms with Crippen LogP contribution in [-0.2, 0) is 27.4 Å². The maximum Gasteiger partial charge on any atom is 0.327 e. The van der Waals surface area contributed by atoms with Gasteiger partial charge in [0.1, 0.15) is 19.4 Å². The fraction of sp³-hybridized carbons (Fsp3) is 0.333. The highest BCUT2D eigenvalue weighted by atomic mass is 16.5. The summed E-state index contributed by atoms with van der Waals surface area (Å²) in [6, 6.07) is 0. The van der Waals surface area contributed by atoms with Crippen molar-refractivity contribution in [2.45, 2.75) is 13.1 Å². The normalized spacial score (nSPS) is 10.2. The van der Waals surface area contributed by atoms with E-state index in [4.69, 9.17) is 0 Å². The summed E-state index contributed by atoms with van der Waals surface area (Å²) in [6.45, 7) is -0.0193. The fourth-order valence-corrected chi connectivity index (χ4v) is 1.31. The molecule has 0 aliphatic heterocycles. The van der Waals surface area contributed by atoms with Crippen molar-refractivity contribution in [3.05, 3.63) is 18.7 Å². The van der Waals surface area contributed by atoms with E-state index in [-0.39, 0.29) is 19.0 Å². The molecule has 2 aromatic rings. The lowest BCUT2D eigenvalue weighted by atomic mass is 10.5. The first-order chi connectivity index (χ1) is 9.17. The van der Waals surface area contributed by atoms with Gasteiger partial charge in [0.25, 0.3) is 0 Å². The SMILES string of the molecule is COC(=O)Cn1cc(NC(=O)Cn2cnnn2)cn1. The van der Waals surface area contributed by atoms with E-state index in [0.29, 0.717) is 5.69 Å². The van der Waals surface area contributed by atoms with E-state index in [9.17, 15) is 9.59 Å². The Morgan fingerprint density at radius 2 is 2.21 bits per heavy atom. The molecule has 2 heterocycles. The van der Waals surface area contributed by atoms with Crippen molar-refractivity contribution in [3.8, 4) is 0 Å². The molecule has 0 saturated heterocycles. The Morgan fingerprint density at radius 1 is 1.37 bits per heavy atom. The predicted molar refractivity (Wildman–Crippen MR) is 60.7 cm³/mol. The molecule has 19 heavy (non-hydrogen) atoms. The fourth-order valence-electron chi connectivity index (χ4n) is 1.31. The number of methoxy groups -OCH3 is 1. The molecule has 1 amide bonds. The second-order valence-corrected chi connectivity index (χ2v) is 3.56. The van der Waals surface area contributed by atoms with Gasteiger partial charge in [0, 0.05) is 6.20 Å². The van der Waals surface area contributed by atoms with Gasteiger partial charge in [-0.15, -0.1) is 5.10 Å². The van der Waals surface area contributed by atoms with Gasteiger partial charge in [0.2, 0.25) is 5.91 Å². The highest BCUT2D eigenvalue weighted by Gasteiger charge is 2.08. The average Bonchev–Trinajstić information content (AvgIpc) is 3.01. The number of aromatic nitrogens is 6. The first-order valence-electron chi connectivity index (χ1n) is 5.27. The monoisotopic (exact) mass is 265 g/mol. The third-order valence-electron chi connectivity index (χ3n) is 2.13. The van der Waals surface area contributed by atoms with E-state index in [1.54, 1.807) is 0 Å². The zero-order chi connectivity index (χ0) is 13.7. The molecule has 100 valence electrons. The minimum absolute atomic E-state index is 0.00478. The third kappa shape index (κ3) is 3.59. The first-order valence-corrected chi connectivity index (χ1v) is 5.27. The van der Waals surface area contributed by atoms with Gasteiger partial charge in [-0.2, -0.15) is 5.10 Å². The van der Waals surface area contributed by atoms with Crippen molar-refractivity contribution >= 4 is 17.6 Å². The Hall–Kier alpha value is -2.78. The number of tetrazole rings is 1. The van der Waals surface area contributed by atoms with Gasteiger partial charge in [-0.25, -0.2) is 4.68 Å². The van der Waals surface area contributed by atoms with E-state index in [2.05, 4.69) is 30.7 Å². The number of nitrogens with zero attached hydrogens (tertiary/aromatic N) is 6. The second kappa shape index (κ2) is 5.71. The predicted octanol–water partition coefficient (Wildman–Crippen LogP) is -1.32. The molecular weight excluding hydrogens is 254 g/mol. The topological polar surface area (TPSA) is 117 Å². The van der Waals surface area contributed by atoms with Crippen LogP contribution in [0.5, 0.6) is 0 Å². The minimum Gasteiger partial charge on any atom is -0.468 e. The molecule has 0 unspecified atom stereocenters. The average molecular weight is 265 g/mol. The van der Waals surface area contributed by atoms with Crippen molar-refractivity contribution in [2.75, 3.05) is 12.4 Å². The Bertz CT molecular complexity index is 562. The van der Waals surface area contributed by atoms with Crippen LogP contribution in [-0.4, -0.2) is 49.0 Å². The van der Waals surface area contributed by atoms with Crippen molar-refractivity contribution < 1.29 is 14.3 Å². The molecule has 0 radical (unpaired) electrons. The summed E-state index contributed by atoms with van der Waals surface area (Å²) in [5, 5.41) is 16.9. The Kier molecular flexibility index (Phi) is 3.81. The number of anilines is 1. The van der Waals surface area contributed by atoms with E-state index < -0.39 is 5.97 Å². The molecule has 0 aliphatic rings. The van der Waals surface area contributed by atoms with Gasteiger partial charge in [-0.3, -0.25) is 14.3 Å². The second-order valence-electron chi connectivity index (χ2n) is 3.56. The lowest BCUT2D eigenvalue weighted by Crippen LogP contribution is -2.19. The number of ether oxygens (including phenoxy) is 1. The molecule has 0 fully saturated rings. The van der Waals surface area contributed by atoms with Gasteiger partial charge in [0.05, 0.1) is 19.0 Å². The van der Waals surface area contributed by atoms with E-state index in [1.807, 2.05) is 0 Å². The maximum absolute atomic E-state index is 11.6. The number of amides is 1. The quantitative estimate of drug-likeness (QED) is 0.666. The Balaban J connectivity index is 1.89. The molecule has 0 aliphatic carbocycles. The molecule has 0 spiro atoms. The molecule has 0 saturated carbocycles. The maximum atomic E-state index is 11.6. The summed E-state index contributed by atoms with van der Waals surface area (Å²) < 4.78 is 7.15. The van der Waals surface area contributed by atoms with Gasteiger partial charge in [0.15, 0.2) is 0 Å². The molecular formula is C9H11N7O3. The van der Waals surface area contributed by atoms with Crippen molar-refractivity contribution in [3.63, 3.8) is 0 Å². The highest BCUT2D eigenvalue weighted by Crippen LogP contribution is 2.04. The van der Waals surface area contributed by atoms with Gasteiger partial charge < -0.3 is 10.1 Å². The van der Waals surface area contributed by atoms with Crippen LogP contribution in [0, 0.1) is 0 Å². The molecule has 10 heteroatoms. The van der Waals surface area contributed by atoms with Crippen LogP contribution in [0.25, 0.3) is 0 Å². The van der Waals surface area contributed by atoms with Crippen LogP contribution in [0.1, 0.15) is 0 Å². The van der Waals surface area contributed by atoms with Crippen molar-refractivity contribution in [1.29, 1.82) is 0 Å². The summed E-state index contributed by atoms with van der Waals surface area (Å²) >= 11 is 0. The number of carbonyl (C=O) groups is 2. The lowest BCUT2D eigenvalue weighted by Gasteiger charge is -2.01. The largest absolute Gasteiger partial charge is 0.468 e. The standard InChI is InChI=1S/C9H11N7O3/c1-19-9(18)5-15-3-7(2-11-15)12-8(17)4-16-6-10-13-14-16/h2-3,6H,4-5H2,1H3,(H,12,17). The third-order valence-corrected chi connectivity index (χ3v) is 2.13. The number of nitrogens with one attached hydrogen (secondary N) is 1. The molecule has 2 aromatic heterocycles. The van der Waals surface area contributed by atoms with E-state index in [0.717, 1.165) is 0 Å².